The summed E-state index contributed by atoms with van der Waals surface area (Å²) in [6, 6.07) is 33.4. The Morgan fingerprint density at radius 1 is 0.658 bits per heavy atom. The fourth-order valence-electron chi connectivity index (χ4n) is 4.37. The number of epoxide rings is 2. The molecule has 0 aliphatic carbocycles. The van der Waals surface area contributed by atoms with E-state index in [1.807, 2.05) is 24.3 Å². The van der Waals surface area contributed by atoms with Gasteiger partial charge in [-0.25, -0.2) is 0 Å². The zero-order valence-electron chi connectivity index (χ0n) is 21.2. The number of benzene rings is 4. The quantitative estimate of drug-likeness (QED) is 0.175. The molecule has 2 aliphatic heterocycles. The lowest BCUT2D eigenvalue weighted by atomic mass is 10.0. The van der Waals surface area contributed by atoms with Crippen LogP contribution < -0.4 is 14.4 Å². The molecule has 6 heteroatoms. The van der Waals surface area contributed by atoms with E-state index in [1.165, 1.54) is 11.1 Å². The molecule has 2 aliphatic rings. The third-order valence-corrected chi connectivity index (χ3v) is 6.67. The second kappa shape index (κ2) is 11.3. The number of rotatable bonds is 12. The third kappa shape index (κ3) is 6.00. The molecular weight excluding hydrogens is 478 g/mol. The first-order valence-electron chi connectivity index (χ1n) is 13.1. The highest BCUT2D eigenvalue weighted by Gasteiger charge is 2.24. The molecular formula is C32H31NO5. The molecule has 0 saturated carbocycles. The van der Waals surface area contributed by atoms with E-state index in [2.05, 4.69) is 77.7 Å². The van der Waals surface area contributed by atoms with Crippen molar-refractivity contribution in [3.05, 3.63) is 103 Å². The third-order valence-electron chi connectivity index (χ3n) is 6.67. The summed E-state index contributed by atoms with van der Waals surface area (Å²) < 4.78 is 22.2. The monoisotopic (exact) mass is 509 g/mol. The second-order valence-corrected chi connectivity index (χ2v) is 9.51. The van der Waals surface area contributed by atoms with Gasteiger partial charge >= 0.3 is 0 Å². The van der Waals surface area contributed by atoms with Gasteiger partial charge in [-0.2, -0.15) is 0 Å². The van der Waals surface area contributed by atoms with Gasteiger partial charge in [0.05, 0.1) is 19.8 Å². The van der Waals surface area contributed by atoms with Crippen LogP contribution in [0.2, 0.25) is 0 Å². The number of aliphatic hydroxyl groups is 1. The first kappa shape index (κ1) is 24.5. The Hall–Kier alpha value is -3.84. The molecule has 38 heavy (non-hydrogen) atoms. The molecule has 4 aromatic carbocycles. The molecule has 4 aromatic rings. The van der Waals surface area contributed by atoms with E-state index < -0.39 is 0 Å². The minimum atomic E-state index is 0.119. The van der Waals surface area contributed by atoms with Gasteiger partial charge in [0.15, 0.2) is 0 Å². The summed E-state index contributed by atoms with van der Waals surface area (Å²) in [4.78, 5) is 2.21. The van der Waals surface area contributed by atoms with Crippen LogP contribution in [0, 0.1) is 0 Å². The van der Waals surface area contributed by atoms with E-state index in [1.54, 1.807) is 0 Å². The van der Waals surface area contributed by atoms with Crippen molar-refractivity contribution < 1.29 is 24.1 Å². The summed E-state index contributed by atoms with van der Waals surface area (Å²) in [5.74, 6) is 1.61. The number of nitrogens with zero attached hydrogens (tertiary/aromatic N) is 1. The van der Waals surface area contributed by atoms with Crippen molar-refractivity contribution in [2.75, 3.05) is 37.9 Å². The van der Waals surface area contributed by atoms with Crippen molar-refractivity contribution >= 4 is 17.1 Å². The van der Waals surface area contributed by atoms with Gasteiger partial charge in [0.1, 0.15) is 30.3 Å². The van der Waals surface area contributed by atoms with Crippen molar-refractivity contribution in [2.45, 2.75) is 18.6 Å². The summed E-state index contributed by atoms with van der Waals surface area (Å²) in [5.41, 5.74) is 6.66. The second-order valence-electron chi connectivity index (χ2n) is 9.51. The first-order chi connectivity index (χ1) is 18.8. The van der Waals surface area contributed by atoms with Crippen LogP contribution in [-0.4, -0.2) is 44.2 Å². The first-order valence-corrected chi connectivity index (χ1v) is 13.1. The standard InChI is InChI=1S/C32H31NO5/c34-18-1-19-35-29-14-10-27(11-15-29)33(28-12-16-30(17-13-28)36-20-31-21-37-31)26-8-6-24(7-9-26)23-2-4-25(5-3-23)32-22-38-32/h2-17,31-32,34H,1,18-22H2. The Bertz CT molecular complexity index is 1310. The highest BCUT2D eigenvalue weighted by Crippen LogP contribution is 2.37. The lowest BCUT2D eigenvalue weighted by Gasteiger charge is -2.26. The molecule has 2 fully saturated rings. The molecule has 1 N–H and O–H groups in total. The summed E-state index contributed by atoms with van der Waals surface area (Å²) in [7, 11) is 0. The van der Waals surface area contributed by atoms with Gasteiger partial charge < -0.3 is 29.0 Å². The lowest BCUT2D eigenvalue weighted by molar-refractivity contribution is 0.233. The maximum absolute atomic E-state index is 9.02. The van der Waals surface area contributed by atoms with Crippen LogP contribution in [0.3, 0.4) is 0 Å². The van der Waals surface area contributed by atoms with Crippen LogP contribution >= 0.6 is 0 Å². The maximum Gasteiger partial charge on any atom is 0.119 e. The molecule has 2 atom stereocenters. The van der Waals surface area contributed by atoms with Gasteiger partial charge in [-0.15, -0.1) is 0 Å². The zero-order chi connectivity index (χ0) is 25.7. The van der Waals surface area contributed by atoms with E-state index in [-0.39, 0.29) is 18.8 Å². The molecule has 0 spiro atoms. The molecule has 0 radical (unpaired) electrons. The molecule has 2 unspecified atom stereocenters. The fraction of sp³-hybridized carbons (Fsp3) is 0.250. The predicted molar refractivity (Wildman–Crippen MR) is 148 cm³/mol. The van der Waals surface area contributed by atoms with Gasteiger partial charge in [0.25, 0.3) is 0 Å². The number of hydrogen-bond acceptors (Lipinski definition) is 6. The van der Waals surface area contributed by atoms with E-state index in [4.69, 9.17) is 24.1 Å². The Morgan fingerprint density at radius 2 is 1.16 bits per heavy atom. The predicted octanol–water partition coefficient (Wildman–Crippen LogP) is 6.43. The summed E-state index contributed by atoms with van der Waals surface area (Å²) in [5, 5.41) is 9.02. The van der Waals surface area contributed by atoms with Crippen molar-refractivity contribution in [1.29, 1.82) is 0 Å². The van der Waals surface area contributed by atoms with Gasteiger partial charge in [-0.3, -0.25) is 0 Å². The average molecular weight is 510 g/mol. The van der Waals surface area contributed by atoms with Crippen LogP contribution in [-0.2, 0) is 9.47 Å². The van der Waals surface area contributed by atoms with Gasteiger partial charge in [0.2, 0.25) is 0 Å². The highest BCUT2D eigenvalue weighted by atomic mass is 16.6. The molecule has 2 heterocycles. The van der Waals surface area contributed by atoms with Crippen LogP contribution in [0.1, 0.15) is 18.1 Å². The number of anilines is 3. The molecule has 6 nitrogen and oxygen atoms in total. The minimum Gasteiger partial charge on any atom is -0.494 e. The molecule has 0 bridgehead atoms. The molecule has 6 rings (SSSR count). The molecule has 0 amide bonds. The van der Waals surface area contributed by atoms with Crippen molar-refractivity contribution in [2.24, 2.45) is 0 Å². The van der Waals surface area contributed by atoms with Gasteiger partial charge in [-0.1, -0.05) is 36.4 Å². The zero-order valence-corrected chi connectivity index (χ0v) is 21.2. The van der Waals surface area contributed by atoms with Crippen LogP contribution in [0.5, 0.6) is 11.5 Å². The fourth-order valence-corrected chi connectivity index (χ4v) is 4.37. The smallest absolute Gasteiger partial charge is 0.119 e. The van der Waals surface area contributed by atoms with E-state index in [0.717, 1.165) is 47.3 Å². The van der Waals surface area contributed by atoms with Crippen molar-refractivity contribution in [3.63, 3.8) is 0 Å². The van der Waals surface area contributed by atoms with Gasteiger partial charge in [-0.05, 0) is 77.4 Å². The average Bonchev–Trinajstić information content (AvgIpc) is 3.89. The van der Waals surface area contributed by atoms with E-state index >= 15 is 0 Å². The Morgan fingerprint density at radius 3 is 1.66 bits per heavy atom. The minimum absolute atomic E-state index is 0.119. The topological polar surface area (TPSA) is 67.0 Å². The summed E-state index contributed by atoms with van der Waals surface area (Å²) >= 11 is 0. The molecule has 0 aromatic heterocycles. The largest absolute Gasteiger partial charge is 0.494 e. The Balaban J connectivity index is 1.25. The van der Waals surface area contributed by atoms with Crippen molar-refractivity contribution in [3.8, 4) is 22.6 Å². The highest BCUT2D eigenvalue weighted by molar-refractivity contribution is 5.78. The molecule has 194 valence electrons. The Kier molecular flexibility index (Phi) is 7.27. The Labute approximate surface area is 223 Å². The van der Waals surface area contributed by atoms with Crippen molar-refractivity contribution in [1.82, 2.24) is 0 Å². The number of ether oxygens (including phenoxy) is 4. The van der Waals surface area contributed by atoms with Crippen LogP contribution in [0.25, 0.3) is 11.1 Å². The van der Waals surface area contributed by atoms with Crippen LogP contribution in [0.15, 0.2) is 97.1 Å². The maximum atomic E-state index is 9.02. The van der Waals surface area contributed by atoms with E-state index in [9.17, 15) is 0 Å². The van der Waals surface area contributed by atoms with Gasteiger partial charge in [0, 0.05) is 30.1 Å². The number of aliphatic hydroxyl groups excluding tert-OH is 1. The normalized spacial score (nSPS) is 17.6. The molecule has 2 saturated heterocycles. The number of hydrogen-bond donors (Lipinski definition) is 1. The lowest BCUT2D eigenvalue weighted by Crippen LogP contribution is -2.10. The SMILES string of the molecule is OCCCOc1ccc(N(c2ccc(OCC3CO3)cc2)c2ccc(-c3ccc(C4CO4)cc3)cc2)cc1. The summed E-state index contributed by atoms with van der Waals surface area (Å²) in [6.45, 7) is 2.79. The van der Waals surface area contributed by atoms with E-state index in [0.29, 0.717) is 19.6 Å². The van der Waals surface area contributed by atoms with Crippen LogP contribution in [0.4, 0.5) is 17.1 Å². The summed E-state index contributed by atoms with van der Waals surface area (Å²) in [6.07, 6.45) is 1.10.